The number of methoxy groups -OCH3 is 1. The van der Waals surface area contributed by atoms with E-state index < -0.39 is 13.7 Å². The SMILES string of the molecule is COc1ccc([Si](C)(C)[C@@H]2[C@@H](CCO)O[C@]3(C(=O)N(C/C=C(\C)CCC=C(C)C)c4ccc(N5CCCCC5=O)cc43)[C@H]2C)cc1. The molecule has 5 rings (SSSR count). The van der Waals surface area contributed by atoms with E-state index in [1.54, 1.807) is 7.11 Å². The van der Waals surface area contributed by atoms with Crippen LogP contribution in [-0.4, -0.2) is 57.9 Å². The van der Waals surface area contributed by atoms with Crippen LogP contribution < -0.4 is 19.7 Å². The second-order valence-corrected chi connectivity index (χ2v) is 18.8. The van der Waals surface area contributed by atoms with Crippen LogP contribution in [0.25, 0.3) is 0 Å². The van der Waals surface area contributed by atoms with Gasteiger partial charge < -0.3 is 24.4 Å². The number of aliphatic hydroxyl groups excluding tert-OH is 1. The Balaban J connectivity index is 1.59. The van der Waals surface area contributed by atoms with Gasteiger partial charge in [-0.3, -0.25) is 9.59 Å². The van der Waals surface area contributed by atoms with Crippen molar-refractivity contribution in [3.05, 3.63) is 71.3 Å². The summed E-state index contributed by atoms with van der Waals surface area (Å²) in [5, 5.41) is 11.5. The first-order chi connectivity index (χ1) is 21.9. The number of anilines is 2. The first kappa shape index (κ1) is 34.1. The second kappa shape index (κ2) is 13.9. The number of carbonyl (C=O) groups excluding carboxylic acids is 2. The summed E-state index contributed by atoms with van der Waals surface area (Å²) in [6.45, 7) is 14.4. The maximum Gasteiger partial charge on any atom is 0.264 e. The lowest BCUT2D eigenvalue weighted by molar-refractivity contribution is -0.146. The van der Waals surface area contributed by atoms with Gasteiger partial charge in [0, 0.05) is 43.3 Å². The van der Waals surface area contributed by atoms with Crippen molar-refractivity contribution in [1.82, 2.24) is 0 Å². The smallest absolute Gasteiger partial charge is 0.264 e. The van der Waals surface area contributed by atoms with Gasteiger partial charge in [0.1, 0.15) is 5.75 Å². The second-order valence-electron chi connectivity index (χ2n) is 14.2. The highest BCUT2D eigenvalue weighted by Gasteiger charge is 2.66. The fraction of sp³-hybridized carbons (Fsp3) is 0.526. The van der Waals surface area contributed by atoms with E-state index >= 15 is 0 Å². The van der Waals surface area contributed by atoms with Gasteiger partial charge in [-0.05, 0) is 88.7 Å². The molecule has 1 spiro atoms. The highest BCUT2D eigenvalue weighted by atomic mass is 28.3. The molecular weight excluding hydrogens is 593 g/mol. The van der Waals surface area contributed by atoms with Crippen molar-refractivity contribution in [2.75, 3.05) is 36.6 Å². The van der Waals surface area contributed by atoms with E-state index in [0.29, 0.717) is 25.9 Å². The Morgan fingerprint density at radius 2 is 1.83 bits per heavy atom. The number of aliphatic hydroxyl groups is 1. The Labute approximate surface area is 276 Å². The fourth-order valence-corrected chi connectivity index (χ4v) is 12.1. The average Bonchev–Trinajstić information content (AvgIpc) is 3.46. The third-order valence-electron chi connectivity index (χ3n) is 10.6. The lowest BCUT2D eigenvalue weighted by Crippen LogP contribution is -2.52. The largest absolute Gasteiger partial charge is 0.497 e. The number of allylic oxidation sites excluding steroid dienone is 3. The maximum absolute atomic E-state index is 14.9. The molecule has 1 N–H and O–H groups in total. The molecule has 2 amide bonds. The Bertz CT molecular complexity index is 1490. The molecule has 2 aromatic carbocycles. The number of piperidine rings is 1. The molecule has 8 heteroatoms. The third kappa shape index (κ3) is 6.24. The van der Waals surface area contributed by atoms with Crippen molar-refractivity contribution < 1.29 is 24.2 Å². The highest BCUT2D eigenvalue weighted by molar-refractivity contribution is 6.91. The summed E-state index contributed by atoms with van der Waals surface area (Å²) in [4.78, 5) is 31.7. The summed E-state index contributed by atoms with van der Waals surface area (Å²) in [7, 11) is -0.601. The monoisotopic (exact) mass is 644 g/mol. The minimum absolute atomic E-state index is 0.0161. The molecule has 0 saturated carbocycles. The van der Waals surface area contributed by atoms with Crippen LogP contribution in [-0.2, 0) is 19.9 Å². The topological polar surface area (TPSA) is 79.3 Å². The zero-order chi connectivity index (χ0) is 33.2. The van der Waals surface area contributed by atoms with E-state index in [2.05, 4.69) is 71.1 Å². The Morgan fingerprint density at radius 3 is 2.48 bits per heavy atom. The van der Waals surface area contributed by atoms with Crippen LogP contribution in [0.3, 0.4) is 0 Å². The summed E-state index contributed by atoms with van der Waals surface area (Å²) in [6, 6.07) is 14.4. The van der Waals surface area contributed by atoms with Gasteiger partial charge in [0.25, 0.3) is 5.91 Å². The van der Waals surface area contributed by atoms with Crippen molar-refractivity contribution in [1.29, 1.82) is 0 Å². The van der Waals surface area contributed by atoms with Crippen molar-refractivity contribution in [2.45, 2.75) is 96.6 Å². The molecule has 3 heterocycles. The minimum atomic E-state index is -2.27. The molecule has 0 unspecified atom stereocenters. The van der Waals surface area contributed by atoms with Gasteiger partial charge in [0.15, 0.2) is 5.60 Å². The molecule has 2 fully saturated rings. The van der Waals surface area contributed by atoms with Gasteiger partial charge in [-0.25, -0.2) is 0 Å². The lowest BCUT2D eigenvalue weighted by Gasteiger charge is -2.37. The zero-order valence-corrected chi connectivity index (χ0v) is 29.8. The zero-order valence-electron chi connectivity index (χ0n) is 28.8. The molecule has 3 aliphatic heterocycles. The van der Waals surface area contributed by atoms with Crippen molar-refractivity contribution in [2.24, 2.45) is 5.92 Å². The molecule has 0 aromatic heterocycles. The number of benzene rings is 2. The first-order valence-electron chi connectivity index (χ1n) is 16.9. The molecule has 0 aliphatic carbocycles. The van der Waals surface area contributed by atoms with Crippen LogP contribution in [0.4, 0.5) is 11.4 Å². The van der Waals surface area contributed by atoms with Crippen LogP contribution >= 0.6 is 0 Å². The van der Waals surface area contributed by atoms with Crippen LogP contribution in [0, 0.1) is 5.92 Å². The third-order valence-corrected chi connectivity index (χ3v) is 14.9. The van der Waals surface area contributed by atoms with E-state index in [1.807, 2.05) is 34.1 Å². The van der Waals surface area contributed by atoms with Crippen LogP contribution in [0.1, 0.15) is 71.8 Å². The maximum atomic E-state index is 14.9. The van der Waals surface area contributed by atoms with E-state index in [9.17, 15) is 14.7 Å². The number of hydrogen-bond donors (Lipinski definition) is 1. The molecule has 248 valence electrons. The van der Waals surface area contributed by atoms with E-state index in [0.717, 1.165) is 48.4 Å². The molecule has 0 radical (unpaired) electrons. The average molecular weight is 645 g/mol. The number of carbonyl (C=O) groups is 2. The fourth-order valence-electron chi connectivity index (χ4n) is 8.06. The molecular formula is C38H52N2O5Si. The molecule has 2 aromatic rings. The predicted octanol–water partition coefficient (Wildman–Crippen LogP) is 6.85. The van der Waals surface area contributed by atoms with Crippen LogP contribution in [0.15, 0.2) is 65.8 Å². The normalized spacial score (nSPS) is 25.0. The van der Waals surface area contributed by atoms with Crippen molar-refractivity contribution in [3.63, 3.8) is 0 Å². The number of ether oxygens (including phenoxy) is 2. The first-order valence-corrected chi connectivity index (χ1v) is 20.0. The van der Waals surface area contributed by atoms with E-state index in [-0.39, 0.29) is 36.0 Å². The standard InChI is InChI=1S/C38H52N2O5Si/c1-26(2)11-10-12-27(3)20-23-40-33-19-14-29(39-22-9-8-13-35(39)42)25-32(33)38(37(40)43)28(4)36(34(45-38)21-24-41)46(6,7)31-17-15-30(44-5)16-18-31/h11,14-20,25,28,34,36,41H,8-10,12-13,21-24H2,1-7H3/b27-20+/t28-,34+,36-,38+/m0/s1. The molecule has 46 heavy (non-hydrogen) atoms. The van der Waals surface area contributed by atoms with Crippen LogP contribution in [0.2, 0.25) is 18.6 Å². The minimum Gasteiger partial charge on any atom is -0.497 e. The number of rotatable bonds is 11. The summed E-state index contributed by atoms with van der Waals surface area (Å²) < 4.78 is 12.5. The number of hydrogen-bond acceptors (Lipinski definition) is 5. The van der Waals surface area contributed by atoms with E-state index in [4.69, 9.17) is 9.47 Å². The quantitative estimate of drug-likeness (QED) is 0.214. The van der Waals surface area contributed by atoms with Gasteiger partial charge in [-0.15, -0.1) is 0 Å². The summed E-state index contributed by atoms with van der Waals surface area (Å²) in [6.07, 6.45) is 8.91. The molecule has 3 aliphatic rings. The van der Waals surface area contributed by atoms with Gasteiger partial charge in [0.05, 0.1) is 27.0 Å². The molecule has 0 bridgehead atoms. The highest BCUT2D eigenvalue weighted by Crippen LogP contribution is 2.60. The van der Waals surface area contributed by atoms with Crippen molar-refractivity contribution >= 4 is 36.4 Å². The van der Waals surface area contributed by atoms with Gasteiger partial charge in [0.2, 0.25) is 5.91 Å². The lowest BCUT2D eigenvalue weighted by atomic mass is 9.82. The number of fused-ring (bicyclic) bond motifs is 2. The molecule has 4 atom stereocenters. The van der Waals surface area contributed by atoms with Crippen LogP contribution in [0.5, 0.6) is 5.75 Å². The Kier molecular flexibility index (Phi) is 10.3. The van der Waals surface area contributed by atoms with Gasteiger partial charge in [-0.1, -0.05) is 60.6 Å². The van der Waals surface area contributed by atoms with Crippen molar-refractivity contribution in [3.8, 4) is 5.75 Å². The summed E-state index contributed by atoms with van der Waals surface area (Å²) in [5.41, 5.74) is 3.94. The Morgan fingerprint density at radius 1 is 1.09 bits per heavy atom. The summed E-state index contributed by atoms with van der Waals surface area (Å²) in [5.74, 6) is 0.738. The summed E-state index contributed by atoms with van der Waals surface area (Å²) >= 11 is 0. The number of nitrogens with zero attached hydrogens (tertiary/aromatic N) is 2. The van der Waals surface area contributed by atoms with E-state index in [1.165, 1.54) is 16.3 Å². The molecule has 7 nitrogen and oxygen atoms in total. The molecule has 2 saturated heterocycles. The predicted molar refractivity (Wildman–Crippen MR) is 189 cm³/mol. The van der Waals surface area contributed by atoms with Gasteiger partial charge in [-0.2, -0.15) is 0 Å². The van der Waals surface area contributed by atoms with Gasteiger partial charge >= 0.3 is 0 Å². The Hall–Kier alpha value is -3.20. The number of amides is 2.